The number of aromatic amines is 1. The molecule has 8 heteroatoms. The fourth-order valence-corrected chi connectivity index (χ4v) is 4.10. The Hall–Kier alpha value is -3.81. The molecule has 0 unspecified atom stereocenters. The van der Waals surface area contributed by atoms with E-state index in [2.05, 4.69) is 28.8 Å². The molecule has 1 atom stereocenters. The molecular weight excluding hydrogens is 419 g/mol. The van der Waals surface area contributed by atoms with Crippen LogP contribution in [0.2, 0.25) is 0 Å². The number of aromatic nitrogens is 3. The number of aliphatic imine (C=N–C) groups is 1. The van der Waals surface area contributed by atoms with Crippen molar-refractivity contribution in [1.82, 2.24) is 19.9 Å². The average molecular weight is 447 g/mol. The summed E-state index contributed by atoms with van der Waals surface area (Å²) >= 11 is 0. The number of nitrogens with two attached hydrogens (primary N) is 1. The molecule has 1 aromatic carbocycles. The highest BCUT2D eigenvalue weighted by Crippen LogP contribution is 2.35. The van der Waals surface area contributed by atoms with Gasteiger partial charge in [-0.1, -0.05) is 32.0 Å². The van der Waals surface area contributed by atoms with Gasteiger partial charge in [0.15, 0.2) is 0 Å². The fraction of sp³-hybridized carbons (Fsp3) is 0.280. The van der Waals surface area contributed by atoms with E-state index in [1.807, 2.05) is 31.2 Å². The van der Waals surface area contributed by atoms with E-state index in [-0.39, 0.29) is 23.1 Å². The highest BCUT2D eigenvalue weighted by Gasteiger charge is 2.38. The lowest BCUT2D eigenvalue weighted by atomic mass is 9.91. The van der Waals surface area contributed by atoms with E-state index < -0.39 is 11.9 Å². The number of halogens is 1. The average Bonchev–Trinajstić information content (AvgIpc) is 3.27. The Morgan fingerprint density at radius 3 is 2.79 bits per heavy atom. The van der Waals surface area contributed by atoms with E-state index in [1.54, 1.807) is 11.2 Å². The lowest BCUT2D eigenvalue weighted by molar-refractivity contribution is -0.126. The maximum Gasteiger partial charge on any atom is 0.258 e. The third kappa shape index (κ3) is 4.41. The third-order valence-corrected chi connectivity index (χ3v) is 5.82. The van der Waals surface area contributed by atoms with Crippen LogP contribution in [0.5, 0.6) is 0 Å². The van der Waals surface area contributed by atoms with Crippen LogP contribution >= 0.6 is 0 Å². The summed E-state index contributed by atoms with van der Waals surface area (Å²) < 4.78 is 13.8. The summed E-state index contributed by atoms with van der Waals surface area (Å²) in [7, 11) is 0. The van der Waals surface area contributed by atoms with E-state index in [0.717, 1.165) is 28.4 Å². The molecule has 0 saturated heterocycles. The zero-order valence-electron chi connectivity index (χ0n) is 18.9. The Kier molecular flexibility index (Phi) is 6.35. The molecular formula is C25H27FN6O. The maximum absolute atomic E-state index is 13.8. The van der Waals surface area contributed by atoms with Crippen molar-refractivity contribution >= 4 is 22.9 Å². The lowest BCUT2D eigenvalue weighted by Gasteiger charge is -2.37. The van der Waals surface area contributed by atoms with Gasteiger partial charge in [0.05, 0.1) is 29.0 Å². The van der Waals surface area contributed by atoms with E-state index in [4.69, 9.17) is 10.7 Å². The molecule has 33 heavy (non-hydrogen) atoms. The molecule has 7 nitrogen and oxygen atoms in total. The van der Waals surface area contributed by atoms with Crippen molar-refractivity contribution < 1.29 is 9.18 Å². The summed E-state index contributed by atoms with van der Waals surface area (Å²) in [6.45, 7) is 6.54. The number of hydrogen-bond acceptors (Lipinski definition) is 5. The van der Waals surface area contributed by atoms with Gasteiger partial charge in [0.2, 0.25) is 0 Å². The molecule has 3 heterocycles. The molecule has 3 aromatic rings. The number of carbonyl (C=O) groups is 1. The van der Waals surface area contributed by atoms with Crippen LogP contribution in [0.4, 0.5) is 10.1 Å². The molecule has 0 bridgehead atoms. The highest BCUT2D eigenvalue weighted by atomic mass is 19.1. The predicted octanol–water partition coefficient (Wildman–Crippen LogP) is 4.11. The number of imidazole rings is 1. The van der Waals surface area contributed by atoms with Crippen LogP contribution in [0.3, 0.4) is 0 Å². The van der Waals surface area contributed by atoms with Gasteiger partial charge in [-0.05, 0) is 30.5 Å². The highest BCUT2D eigenvalue weighted by molar-refractivity contribution is 6.20. The van der Waals surface area contributed by atoms with Crippen LogP contribution in [0.25, 0.3) is 5.57 Å². The summed E-state index contributed by atoms with van der Waals surface area (Å²) in [6, 6.07) is 9.82. The van der Waals surface area contributed by atoms with Crippen molar-refractivity contribution in [3.05, 3.63) is 83.6 Å². The van der Waals surface area contributed by atoms with Gasteiger partial charge < -0.3 is 15.6 Å². The van der Waals surface area contributed by atoms with Crippen LogP contribution in [0, 0.1) is 18.7 Å². The molecule has 0 radical (unpaired) electrons. The lowest BCUT2D eigenvalue weighted by Crippen LogP contribution is -2.45. The van der Waals surface area contributed by atoms with Gasteiger partial charge in [0, 0.05) is 42.8 Å². The zero-order valence-corrected chi connectivity index (χ0v) is 18.9. The molecule has 1 aliphatic heterocycles. The maximum atomic E-state index is 13.8. The third-order valence-electron chi connectivity index (χ3n) is 5.82. The molecule has 0 saturated carbocycles. The Balaban J connectivity index is 1.82. The summed E-state index contributed by atoms with van der Waals surface area (Å²) in [5.74, 6) is -0.793. The van der Waals surface area contributed by atoms with Gasteiger partial charge in [-0.2, -0.15) is 0 Å². The Bertz CT molecular complexity index is 1230. The molecule has 3 N–H and O–H groups in total. The number of H-pyrrole nitrogens is 1. The number of rotatable bonds is 5. The van der Waals surface area contributed by atoms with Crippen molar-refractivity contribution in [2.24, 2.45) is 16.6 Å². The van der Waals surface area contributed by atoms with Crippen molar-refractivity contribution in [3.8, 4) is 0 Å². The summed E-state index contributed by atoms with van der Waals surface area (Å²) in [4.78, 5) is 32.4. The van der Waals surface area contributed by atoms with Crippen molar-refractivity contribution in [2.75, 3.05) is 6.54 Å². The smallest absolute Gasteiger partial charge is 0.258 e. The van der Waals surface area contributed by atoms with Gasteiger partial charge >= 0.3 is 0 Å². The van der Waals surface area contributed by atoms with Crippen LogP contribution in [0.1, 0.15) is 42.5 Å². The number of pyridine rings is 1. The predicted molar refractivity (Wildman–Crippen MR) is 126 cm³/mol. The van der Waals surface area contributed by atoms with E-state index >= 15 is 0 Å². The normalized spacial score (nSPS) is 16.8. The van der Waals surface area contributed by atoms with Crippen LogP contribution < -0.4 is 5.73 Å². The first-order valence-corrected chi connectivity index (χ1v) is 10.9. The number of carbonyl (C=O) groups excluding carboxylic acids is 1. The molecule has 2 aromatic heterocycles. The number of para-hydroxylation sites is 1. The van der Waals surface area contributed by atoms with Gasteiger partial charge in [-0.25, -0.2) is 9.37 Å². The number of aryl methyl sites for hydroxylation is 1. The minimum atomic E-state index is -0.490. The van der Waals surface area contributed by atoms with Gasteiger partial charge in [0.1, 0.15) is 11.9 Å². The summed E-state index contributed by atoms with van der Waals surface area (Å²) in [5.41, 5.74) is 10.6. The first-order valence-electron chi connectivity index (χ1n) is 10.9. The monoisotopic (exact) mass is 446 g/mol. The van der Waals surface area contributed by atoms with E-state index in [9.17, 15) is 9.18 Å². The minimum absolute atomic E-state index is 0.0326. The van der Waals surface area contributed by atoms with Crippen molar-refractivity contribution in [3.63, 3.8) is 0 Å². The number of benzene rings is 1. The largest absolute Gasteiger partial charge is 0.404 e. The van der Waals surface area contributed by atoms with E-state index in [1.165, 1.54) is 24.5 Å². The standard InChI is InChI=1S/C25H27FN6O/c1-15(2)22(31-19-7-5-4-6-16(19)3)24-23-20(29-14-30-23)9-11-32(24)25(33)18(13-27)21-12-17(26)8-10-28-21/h4-8,10,12-15,24H,9,11,27H2,1-3H3,(H,29,30)/b18-13+,31-22?/t24-/m1/s1. The molecule has 4 rings (SSSR count). The van der Waals surface area contributed by atoms with Gasteiger partial charge in [-0.15, -0.1) is 0 Å². The number of fused-ring (bicyclic) bond motifs is 1. The van der Waals surface area contributed by atoms with Gasteiger partial charge in [0.25, 0.3) is 5.91 Å². The van der Waals surface area contributed by atoms with E-state index in [0.29, 0.717) is 13.0 Å². The zero-order chi connectivity index (χ0) is 23.5. The molecule has 170 valence electrons. The number of hydrogen-bond donors (Lipinski definition) is 2. The van der Waals surface area contributed by atoms with Crippen molar-refractivity contribution in [1.29, 1.82) is 0 Å². The first kappa shape index (κ1) is 22.4. The van der Waals surface area contributed by atoms with Gasteiger partial charge in [-0.3, -0.25) is 14.8 Å². The van der Waals surface area contributed by atoms with Crippen LogP contribution in [0.15, 0.2) is 60.1 Å². The summed E-state index contributed by atoms with van der Waals surface area (Å²) in [6.07, 6.45) is 4.77. The second kappa shape index (κ2) is 9.36. The molecule has 1 aliphatic rings. The first-order chi connectivity index (χ1) is 15.9. The Morgan fingerprint density at radius 2 is 2.09 bits per heavy atom. The Labute approximate surface area is 192 Å². The SMILES string of the molecule is Cc1ccccc1N=C(C(C)C)[C@@H]1c2nc[nH]c2CCN1C(=O)/C(=C/N)c1cc(F)ccn1. The fourth-order valence-electron chi connectivity index (χ4n) is 4.10. The second-order valence-electron chi connectivity index (χ2n) is 8.33. The minimum Gasteiger partial charge on any atom is -0.404 e. The number of nitrogens with zero attached hydrogens (tertiary/aromatic N) is 4. The molecule has 0 aliphatic carbocycles. The van der Waals surface area contributed by atoms with Crippen LogP contribution in [-0.4, -0.2) is 38.0 Å². The Morgan fingerprint density at radius 1 is 1.30 bits per heavy atom. The molecule has 0 spiro atoms. The molecule has 1 amide bonds. The van der Waals surface area contributed by atoms with Crippen molar-refractivity contribution in [2.45, 2.75) is 33.2 Å². The quantitative estimate of drug-likeness (QED) is 0.455. The van der Waals surface area contributed by atoms with Crippen LogP contribution in [-0.2, 0) is 11.2 Å². The number of nitrogens with one attached hydrogen (secondary N) is 1. The number of amides is 1. The second-order valence-corrected chi connectivity index (χ2v) is 8.33. The summed E-state index contributed by atoms with van der Waals surface area (Å²) in [5, 5.41) is 0. The molecule has 0 fully saturated rings. The topological polar surface area (TPSA) is 100 Å².